The van der Waals surface area contributed by atoms with Crippen LogP contribution < -0.4 is 5.32 Å². The summed E-state index contributed by atoms with van der Waals surface area (Å²) in [5.41, 5.74) is -0.471. The summed E-state index contributed by atoms with van der Waals surface area (Å²) in [6.07, 6.45) is 1.46. The highest BCUT2D eigenvalue weighted by Gasteiger charge is 2.49. The largest absolute Gasteiger partial charge is 0.395 e. The zero-order chi connectivity index (χ0) is 14.1. The fourth-order valence-electron chi connectivity index (χ4n) is 2.20. The van der Waals surface area contributed by atoms with E-state index in [9.17, 15) is 14.3 Å². The monoisotopic (exact) mass is 265 g/mol. The van der Waals surface area contributed by atoms with Crippen LogP contribution in [-0.2, 0) is 10.2 Å². The predicted octanol–water partition coefficient (Wildman–Crippen LogP) is 1.99. The average Bonchev–Trinajstić information content (AvgIpc) is 3.17. The van der Waals surface area contributed by atoms with Gasteiger partial charge in [-0.05, 0) is 24.5 Å². The number of rotatable bonds is 5. The molecule has 104 valence electrons. The number of halogens is 1. The first kappa shape index (κ1) is 14.0. The van der Waals surface area contributed by atoms with Crippen molar-refractivity contribution in [2.45, 2.75) is 32.1 Å². The molecule has 0 bridgehead atoms. The van der Waals surface area contributed by atoms with Gasteiger partial charge < -0.3 is 10.4 Å². The topological polar surface area (TPSA) is 49.3 Å². The van der Waals surface area contributed by atoms with Gasteiger partial charge >= 0.3 is 0 Å². The SMILES string of the molecule is CC(C)(CNC(=O)C1(CO)CC1)c1ccccc1F. The maximum Gasteiger partial charge on any atom is 0.228 e. The molecule has 1 aromatic carbocycles. The van der Waals surface area contributed by atoms with Crippen molar-refractivity contribution in [3.8, 4) is 0 Å². The van der Waals surface area contributed by atoms with E-state index in [2.05, 4.69) is 5.32 Å². The summed E-state index contributed by atoms with van der Waals surface area (Å²) >= 11 is 0. The molecule has 4 heteroatoms. The molecule has 0 atom stereocenters. The minimum Gasteiger partial charge on any atom is -0.395 e. The van der Waals surface area contributed by atoms with Crippen LogP contribution in [-0.4, -0.2) is 24.2 Å². The van der Waals surface area contributed by atoms with E-state index < -0.39 is 10.8 Å². The van der Waals surface area contributed by atoms with Crippen molar-refractivity contribution in [1.29, 1.82) is 0 Å². The summed E-state index contributed by atoms with van der Waals surface area (Å²) in [6, 6.07) is 6.60. The standard InChI is InChI=1S/C15H20FNO2/c1-14(2,11-5-3-4-6-12(11)16)9-17-13(19)15(10-18)7-8-15/h3-6,18H,7-10H2,1-2H3,(H,17,19). The van der Waals surface area contributed by atoms with Gasteiger partial charge in [0, 0.05) is 12.0 Å². The first-order valence-electron chi connectivity index (χ1n) is 6.55. The Bertz CT molecular complexity index is 481. The Morgan fingerprint density at radius 2 is 2.05 bits per heavy atom. The van der Waals surface area contributed by atoms with E-state index in [1.165, 1.54) is 6.07 Å². The Balaban J connectivity index is 2.02. The van der Waals surface area contributed by atoms with Crippen LogP contribution >= 0.6 is 0 Å². The number of carbonyl (C=O) groups is 1. The van der Waals surface area contributed by atoms with E-state index in [4.69, 9.17) is 0 Å². The number of benzene rings is 1. The van der Waals surface area contributed by atoms with Crippen LogP contribution in [0.25, 0.3) is 0 Å². The van der Waals surface area contributed by atoms with Crippen LogP contribution in [0.3, 0.4) is 0 Å². The molecule has 0 spiro atoms. The van der Waals surface area contributed by atoms with Gasteiger partial charge in [-0.15, -0.1) is 0 Å². The second-order valence-corrected chi connectivity index (χ2v) is 5.98. The molecule has 0 heterocycles. The number of aliphatic hydroxyl groups excluding tert-OH is 1. The summed E-state index contributed by atoms with van der Waals surface area (Å²) in [5, 5.41) is 12.0. The van der Waals surface area contributed by atoms with Crippen molar-refractivity contribution in [1.82, 2.24) is 5.32 Å². The van der Waals surface area contributed by atoms with Crippen molar-refractivity contribution >= 4 is 5.91 Å². The van der Waals surface area contributed by atoms with Gasteiger partial charge in [0.25, 0.3) is 0 Å². The molecule has 2 rings (SSSR count). The highest BCUT2D eigenvalue weighted by atomic mass is 19.1. The fourth-order valence-corrected chi connectivity index (χ4v) is 2.20. The van der Waals surface area contributed by atoms with Gasteiger partial charge in [0.15, 0.2) is 0 Å². The minimum absolute atomic E-state index is 0.112. The van der Waals surface area contributed by atoms with Crippen molar-refractivity contribution in [3.63, 3.8) is 0 Å². The lowest BCUT2D eigenvalue weighted by Crippen LogP contribution is -2.41. The molecule has 1 saturated carbocycles. The van der Waals surface area contributed by atoms with Crippen LogP contribution in [0, 0.1) is 11.2 Å². The Morgan fingerprint density at radius 3 is 2.58 bits per heavy atom. The first-order chi connectivity index (χ1) is 8.91. The van der Waals surface area contributed by atoms with Gasteiger partial charge in [0.05, 0.1) is 12.0 Å². The number of aliphatic hydroxyl groups is 1. The average molecular weight is 265 g/mol. The maximum atomic E-state index is 13.8. The van der Waals surface area contributed by atoms with Crippen molar-refractivity contribution < 1.29 is 14.3 Å². The van der Waals surface area contributed by atoms with Crippen LogP contribution in [0.15, 0.2) is 24.3 Å². The molecule has 0 aromatic heterocycles. The minimum atomic E-state index is -0.578. The number of hydrogen-bond acceptors (Lipinski definition) is 2. The Labute approximate surface area is 112 Å². The van der Waals surface area contributed by atoms with Crippen molar-refractivity contribution in [2.75, 3.05) is 13.2 Å². The quantitative estimate of drug-likeness (QED) is 0.855. The second-order valence-electron chi connectivity index (χ2n) is 5.98. The molecule has 0 saturated heterocycles. The van der Waals surface area contributed by atoms with Gasteiger partial charge in [-0.1, -0.05) is 32.0 Å². The molecule has 1 amide bonds. The molecular formula is C15H20FNO2. The number of carbonyl (C=O) groups excluding carboxylic acids is 1. The third-order valence-electron chi connectivity index (χ3n) is 3.93. The second kappa shape index (κ2) is 4.93. The Hall–Kier alpha value is -1.42. The van der Waals surface area contributed by atoms with Crippen LogP contribution in [0.1, 0.15) is 32.3 Å². The van der Waals surface area contributed by atoms with E-state index >= 15 is 0 Å². The molecule has 0 aliphatic heterocycles. The zero-order valence-electron chi connectivity index (χ0n) is 11.4. The molecular weight excluding hydrogens is 245 g/mol. The lowest BCUT2D eigenvalue weighted by Gasteiger charge is -2.27. The normalized spacial score (nSPS) is 17.1. The first-order valence-corrected chi connectivity index (χ1v) is 6.55. The van der Waals surface area contributed by atoms with Crippen LogP contribution in [0.5, 0.6) is 0 Å². The predicted molar refractivity (Wildman–Crippen MR) is 71.2 cm³/mol. The number of hydrogen-bond donors (Lipinski definition) is 2. The van der Waals surface area contributed by atoms with E-state index in [0.717, 1.165) is 12.8 Å². The third kappa shape index (κ3) is 2.78. The van der Waals surface area contributed by atoms with E-state index in [1.807, 2.05) is 13.8 Å². The molecule has 1 fully saturated rings. The molecule has 1 aliphatic rings. The Morgan fingerprint density at radius 1 is 1.42 bits per heavy atom. The summed E-state index contributed by atoms with van der Waals surface area (Å²) < 4.78 is 13.8. The fraction of sp³-hybridized carbons (Fsp3) is 0.533. The lowest BCUT2D eigenvalue weighted by molar-refractivity contribution is -0.127. The van der Waals surface area contributed by atoms with Crippen LogP contribution in [0.4, 0.5) is 4.39 Å². The molecule has 0 unspecified atom stereocenters. The van der Waals surface area contributed by atoms with Gasteiger partial charge in [-0.3, -0.25) is 4.79 Å². The van der Waals surface area contributed by atoms with Crippen molar-refractivity contribution in [3.05, 3.63) is 35.6 Å². The molecule has 1 aliphatic carbocycles. The van der Waals surface area contributed by atoms with E-state index in [-0.39, 0.29) is 18.3 Å². The molecule has 19 heavy (non-hydrogen) atoms. The van der Waals surface area contributed by atoms with Gasteiger partial charge in [-0.25, -0.2) is 4.39 Å². The molecule has 3 nitrogen and oxygen atoms in total. The smallest absolute Gasteiger partial charge is 0.228 e. The highest BCUT2D eigenvalue weighted by molar-refractivity contribution is 5.85. The number of nitrogens with one attached hydrogen (secondary N) is 1. The van der Waals surface area contributed by atoms with Gasteiger partial charge in [-0.2, -0.15) is 0 Å². The third-order valence-corrected chi connectivity index (χ3v) is 3.93. The van der Waals surface area contributed by atoms with Gasteiger partial charge in [0.1, 0.15) is 5.82 Å². The summed E-state index contributed by atoms with van der Waals surface area (Å²) in [7, 11) is 0. The van der Waals surface area contributed by atoms with Gasteiger partial charge in [0.2, 0.25) is 5.91 Å². The maximum absolute atomic E-state index is 13.8. The lowest BCUT2D eigenvalue weighted by atomic mass is 9.84. The summed E-state index contributed by atoms with van der Waals surface area (Å²) in [4.78, 5) is 12.0. The van der Waals surface area contributed by atoms with Crippen LogP contribution in [0.2, 0.25) is 0 Å². The van der Waals surface area contributed by atoms with Crippen molar-refractivity contribution in [2.24, 2.45) is 5.41 Å². The molecule has 0 radical (unpaired) electrons. The Kier molecular flexibility index (Phi) is 3.63. The van der Waals surface area contributed by atoms with E-state index in [1.54, 1.807) is 18.2 Å². The zero-order valence-corrected chi connectivity index (χ0v) is 11.4. The molecule has 2 N–H and O–H groups in total. The summed E-state index contributed by atoms with van der Waals surface area (Å²) in [6.45, 7) is 4.03. The summed E-state index contributed by atoms with van der Waals surface area (Å²) in [5.74, 6) is -0.385. The molecule has 1 aromatic rings. The highest BCUT2D eigenvalue weighted by Crippen LogP contribution is 2.45. The number of amides is 1. The van der Waals surface area contributed by atoms with E-state index in [0.29, 0.717) is 12.1 Å².